The molecule has 0 bridgehead atoms. The number of furan rings is 2. The molecule has 3 aromatic heterocycles. The summed E-state index contributed by atoms with van der Waals surface area (Å²) in [5.41, 5.74) is 9.06. The van der Waals surface area contributed by atoms with Crippen LogP contribution in [0.2, 0.25) is 0 Å². The van der Waals surface area contributed by atoms with Gasteiger partial charge >= 0.3 is 0 Å². The summed E-state index contributed by atoms with van der Waals surface area (Å²) in [5.74, 6) is 0. The van der Waals surface area contributed by atoms with E-state index in [1.54, 1.807) is 0 Å². The van der Waals surface area contributed by atoms with E-state index in [9.17, 15) is 0 Å². The Kier molecular flexibility index (Phi) is 6.48. The molecule has 1 saturated heterocycles. The molecule has 3 unspecified atom stereocenters. The van der Waals surface area contributed by atoms with Crippen LogP contribution in [-0.2, 0) is 0 Å². The minimum absolute atomic E-state index is 0.0914. The van der Waals surface area contributed by atoms with Gasteiger partial charge in [-0.05, 0) is 47.0 Å². The van der Waals surface area contributed by atoms with Crippen molar-refractivity contribution in [2.45, 2.75) is 18.5 Å². The van der Waals surface area contributed by atoms with E-state index < -0.39 is 0 Å². The Hall–Kier alpha value is -5.76. The predicted molar refractivity (Wildman–Crippen MR) is 210 cm³/mol. The van der Waals surface area contributed by atoms with Crippen LogP contribution in [0.5, 0.6) is 0 Å². The van der Waals surface area contributed by atoms with Gasteiger partial charge in [0.15, 0.2) is 0 Å². The van der Waals surface area contributed by atoms with Crippen LogP contribution < -0.4 is 16.0 Å². The van der Waals surface area contributed by atoms with Crippen LogP contribution in [0, 0.1) is 0 Å². The lowest BCUT2D eigenvalue weighted by atomic mass is 10.00. The quantitative estimate of drug-likeness (QED) is 0.173. The molecule has 1 fully saturated rings. The van der Waals surface area contributed by atoms with Gasteiger partial charge in [0.1, 0.15) is 22.3 Å². The van der Waals surface area contributed by atoms with E-state index in [0.717, 1.165) is 60.6 Å². The molecule has 0 saturated carbocycles. The molecule has 0 amide bonds. The van der Waals surface area contributed by atoms with Crippen LogP contribution >= 0.6 is 11.3 Å². The zero-order valence-electron chi connectivity index (χ0n) is 27.4. The Morgan fingerprint density at radius 2 is 1.08 bits per heavy atom. The summed E-state index contributed by atoms with van der Waals surface area (Å²) >= 11 is 1.85. The van der Waals surface area contributed by atoms with Gasteiger partial charge in [-0.1, -0.05) is 121 Å². The Balaban J connectivity index is 1.03. The molecule has 3 atom stereocenters. The summed E-state index contributed by atoms with van der Waals surface area (Å²) in [6, 6.07) is 53.7. The molecule has 10 aromatic rings. The highest BCUT2D eigenvalue weighted by Gasteiger charge is 2.32. The van der Waals surface area contributed by atoms with Crippen molar-refractivity contribution in [3.8, 4) is 11.1 Å². The number of hydrogen-bond acceptors (Lipinski definition) is 6. The molecule has 11 rings (SSSR count). The maximum Gasteiger partial charge on any atom is 0.143 e. The number of rotatable bonds is 4. The number of para-hydroxylation sites is 3. The molecule has 1 aliphatic rings. The Labute approximate surface area is 297 Å². The third kappa shape index (κ3) is 4.65. The summed E-state index contributed by atoms with van der Waals surface area (Å²) in [6.45, 7) is 0. The topological polar surface area (TPSA) is 62.4 Å². The molecule has 3 N–H and O–H groups in total. The van der Waals surface area contributed by atoms with Crippen LogP contribution in [0.1, 0.15) is 35.2 Å². The van der Waals surface area contributed by atoms with Crippen LogP contribution in [0.25, 0.3) is 75.2 Å². The minimum atomic E-state index is -0.195. The van der Waals surface area contributed by atoms with E-state index in [1.165, 1.54) is 31.3 Å². The molecule has 0 radical (unpaired) electrons. The maximum absolute atomic E-state index is 6.94. The standard InChI is InChI=1S/C45H31N3O2S/c1-2-10-26(11-3-1)43-46-44(28-21-23-33-32-13-5-7-19-39(32)51-40(33)25-28)48-45(47-43)36-17-9-16-35-34-15-8-14-29(41(34)50-42(35)36)27-20-22-31-30-12-4-6-18-37(30)49-38(31)24-27/h1-25,43-48H. The third-order valence-corrected chi connectivity index (χ3v) is 11.6. The zero-order chi connectivity index (χ0) is 33.5. The highest BCUT2D eigenvalue weighted by atomic mass is 32.1. The average Bonchev–Trinajstić information content (AvgIpc) is 3.88. The van der Waals surface area contributed by atoms with Crippen molar-refractivity contribution in [2.75, 3.05) is 0 Å². The van der Waals surface area contributed by atoms with Gasteiger partial charge in [0.05, 0.1) is 18.5 Å². The molecular weight excluding hydrogens is 647 g/mol. The lowest BCUT2D eigenvalue weighted by Crippen LogP contribution is -2.54. The van der Waals surface area contributed by atoms with Crippen LogP contribution in [0.15, 0.2) is 160 Å². The average molecular weight is 678 g/mol. The number of benzene rings is 7. The number of fused-ring (bicyclic) bond motifs is 9. The summed E-state index contributed by atoms with van der Waals surface area (Å²) in [5, 5.41) is 18.7. The first kappa shape index (κ1) is 29.0. The molecule has 5 nitrogen and oxygen atoms in total. The molecule has 244 valence electrons. The van der Waals surface area contributed by atoms with E-state index in [0.29, 0.717) is 0 Å². The minimum Gasteiger partial charge on any atom is -0.456 e. The monoisotopic (exact) mass is 677 g/mol. The first-order valence-corrected chi connectivity index (χ1v) is 18.2. The van der Waals surface area contributed by atoms with Crippen molar-refractivity contribution in [3.63, 3.8) is 0 Å². The van der Waals surface area contributed by atoms with E-state index >= 15 is 0 Å². The van der Waals surface area contributed by atoms with Crippen LogP contribution in [0.3, 0.4) is 0 Å². The van der Waals surface area contributed by atoms with Crippen molar-refractivity contribution >= 4 is 75.4 Å². The second kappa shape index (κ2) is 11.4. The molecule has 4 heterocycles. The second-order valence-electron chi connectivity index (χ2n) is 13.4. The molecule has 51 heavy (non-hydrogen) atoms. The molecule has 0 aliphatic carbocycles. The van der Waals surface area contributed by atoms with Gasteiger partial charge in [-0.2, -0.15) is 0 Å². The lowest BCUT2D eigenvalue weighted by molar-refractivity contribution is 0.203. The molecule has 6 heteroatoms. The van der Waals surface area contributed by atoms with Gasteiger partial charge in [0.2, 0.25) is 0 Å². The highest BCUT2D eigenvalue weighted by molar-refractivity contribution is 7.25. The lowest BCUT2D eigenvalue weighted by Gasteiger charge is -2.39. The van der Waals surface area contributed by atoms with Crippen molar-refractivity contribution in [3.05, 3.63) is 168 Å². The first-order chi connectivity index (χ1) is 25.2. The number of hydrogen-bond donors (Lipinski definition) is 3. The second-order valence-corrected chi connectivity index (χ2v) is 14.5. The van der Waals surface area contributed by atoms with Crippen molar-refractivity contribution < 1.29 is 8.83 Å². The Morgan fingerprint density at radius 3 is 1.98 bits per heavy atom. The fourth-order valence-electron chi connectivity index (χ4n) is 7.97. The van der Waals surface area contributed by atoms with E-state index in [-0.39, 0.29) is 18.5 Å². The largest absolute Gasteiger partial charge is 0.456 e. The molecule has 7 aromatic carbocycles. The summed E-state index contributed by atoms with van der Waals surface area (Å²) in [6.07, 6.45) is -0.396. The van der Waals surface area contributed by atoms with Crippen molar-refractivity contribution in [2.24, 2.45) is 0 Å². The van der Waals surface area contributed by atoms with Gasteiger partial charge in [-0.15, -0.1) is 11.3 Å². The fourth-order valence-corrected chi connectivity index (χ4v) is 9.12. The molecule has 0 spiro atoms. The van der Waals surface area contributed by atoms with Crippen molar-refractivity contribution in [1.29, 1.82) is 0 Å². The third-order valence-electron chi connectivity index (χ3n) is 10.4. The van der Waals surface area contributed by atoms with Gasteiger partial charge in [-0.3, -0.25) is 16.0 Å². The van der Waals surface area contributed by atoms with Gasteiger partial charge in [-0.25, -0.2) is 0 Å². The van der Waals surface area contributed by atoms with E-state index in [1.807, 2.05) is 23.5 Å². The van der Waals surface area contributed by atoms with Gasteiger partial charge < -0.3 is 8.83 Å². The number of thiophene rings is 1. The number of nitrogens with one attached hydrogen (secondary N) is 3. The summed E-state index contributed by atoms with van der Waals surface area (Å²) in [4.78, 5) is 0. The van der Waals surface area contributed by atoms with Crippen LogP contribution in [-0.4, -0.2) is 0 Å². The van der Waals surface area contributed by atoms with Crippen LogP contribution in [0.4, 0.5) is 0 Å². The summed E-state index contributed by atoms with van der Waals surface area (Å²) in [7, 11) is 0. The fraction of sp³-hybridized carbons (Fsp3) is 0.0667. The Bertz CT molecular complexity index is 2940. The maximum atomic E-state index is 6.94. The molecular formula is C45H31N3O2S. The first-order valence-electron chi connectivity index (χ1n) is 17.4. The normalized spacial score (nSPS) is 18.2. The highest BCUT2D eigenvalue weighted by Crippen LogP contribution is 2.41. The predicted octanol–water partition coefficient (Wildman–Crippen LogP) is 11.7. The zero-order valence-corrected chi connectivity index (χ0v) is 28.2. The SMILES string of the molecule is c1ccc(C2NC(c3ccc4c(c3)sc3ccccc34)NC(c3cccc4c3oc3c(-c5ccc6c(c5)oc5ccccc56)cccc34)N2)cc1. The van der Waals surface area contributed by atoms with E-state index in [2.05, 4.69) is 155 Å². The smallest absolute Gasteiger partial charge is 0.143 e. The molecule has 1 aliphatic heterocycles. The van der Waals surface area contributed by atoms with Crippen molar-refractivity contribution in [1.82, 2.24) is 16.0 Å². The Morgan fingerprint density at radius 1 is 0.412 bits per heavy atom. The van der Waals surface area contributed by atoms with Gasteiger partial charge in [0.25, 0.3) is 0 Å². The van der Waals surface area contributed by atoms with E-state index in [4.69, 9.17) is 8.83 Å². The van der Waals surface area contributed by atoms with Gasteiger partial charge in [0, 0.05) is 52.8 Å². The summed E-state index contributed by atoms with van der Waals surface area (Å²) < 4.78 is 15.8.